The standard InChI is InChI=1S/C23H28N2O5/c1-4-30-23(27)16-7-9-17(10-8-16)24-22(26)15-25-13-5-6-20(25)19-12-11-18(28-2)14-21(19)29-3/h7-12,14,20H,4-6,13,15H2,1-3H3,(H,24,26)/t20-/m0/s1. The van der Waals surface area contributed by atoms with Gasteiger partial charge in [0.1, 0.15) is 11.5 Å². The predicted octanol–water partition coefficient (Wildman–Crippen LogP) is 3.66. The minimum absolute atomic E-state index is 0.0988. The third-order valence-electron chi connectivity index (χ3n) is 5.19. The van der Waals surface area contributed by atoms with Gasteiger partial charge in [-0.3, -0.25) is 9.69 Å². The quantitative estimate of drug-likeness (QED) is 0.667. The molecule has 0 radical (unpaired) electrons. The van der Waals surface area contributed by atoms with E-state index in [-0.39, 0.29) is 24.5 Å². The number of esters is 1. The van der Waals surface area contributed by atoms with E-state index in [1.165, 1.54) is 0 Å². The average Bonchev–Trinajstić information content (AvgIpc) is 3.21. The van der Waals surface area contributed by atoms with Crippen LogP contribution in [0.25, 0.3) is 0 Å². The van der Waals surface area contributed by atoms with Gasteiger partial charge in [0.2, 0.25) is 5.91 Å². The maximum atomic E-state index is 12.6. The lowest BCUT2D eigenvalue weighted by molar-refractivity contribution is -0.117. The molecule has 1 saturated heterocycles. The van der Waals surface area contributed by atoms with Gasteiger partial charge in [0.25, 0.3) is 0 Å². The van der Waals surface area contributed by atoms with Crippen molar-refractivity contribution in [2.24, 2.45) is 0 Å². The summed E-state index contributed by atoms with van der Waals surface area (Å²) in [5.41, 5.74) is 2.16. The minimum atomic E-state index is -0.372. The monoisotopic (exact) mass is 412 g/mol. The highest BCUT2D eigenvalue weighted by atomic mass is 16.5. The molecule has 0 bridgehead atoms. The highest BCUT2D eigenvalue weighted by Gasteiger charge is 2.30. The first-order valence-corrected chi connectivity index (χ1v) is 10.1. The molecule has 1 aliphatic rings. The number of hydrogen-bond donors (Lipinski definition) is 1. The molecule has 2 aromatic carbocycles. The number of ether oxygens (including phenoxy) is 3. The third kappa shape index (κ3) is 5.10. The second-order valence-electron chi connectivity index (χ2n) is 7.08. The van der Waals surface area contributed by atoms with Crippen LogP contribution in [-0.4, -0.2) is 50.7 Å². The van der Waals surface area contributed by atoms with Gasteiger partial charge in [-0.05, 0) is 56.6 Å². The summed E-state index contributed by atoms with van der Waals surface area (Å²) in [6.45, 7) is 3.21. The molecule has 0 aromatic heterocycles. The molecule has 1 amide bonds. The number of carbonyl (C=O) groups excluding carboxylic acids is 2. The van der Waals surface area contributed by atoms with Crippen LogP contribution in [0, 0.1) is 0 Å². The molecule has 7 heteroatoms. The van der Waals surface area contributed by atoms with Crippen LogP contribution in [0.5, 0.6) is 11.5 Å². The zero-order valence-electron chi connectivity index (χ0n) is 17.6. The van der Waals surface area contributed by atoms with Crippen molar-refractivity contribution in [1.82, 2.24) is 4.90 Å². The van der Waals surface area contributed by atoms with Crippen LogP contribution in [-0.2, 0) is 9.53 Å². The summed E-state index contributed by atoms with van der Waals surface area (Å²) in [6, 6.07) is 12.6. The number of benzene rings is 2. The summed E-state index contributed by atoms with van der Waals surface area (Å²) >= 11 is 0. The van der Waals surface area contributed by atoms with Gasteiger partial charge < -0.3 is 19.5 Å². The summed E-state index contributed by atoms with van der Waals surface area (Å²) in [7, 11) is 3.27. The molecule has 1 fully saturated rings. The number of nitrogens with zero attached hydrogens (tertiary/aromatic N) is 1. The van der Waals surface area contributed by atoms with Crippen LogP contribution in [0.3, 0.4) is 0 Å². The van der Waals surface area contributed by atoms with Gasteiger partial charge in [0.05, 0.1) is 32.9 Å². The number of rotatable bonds is 8. The molecule has 1 atom stereocenters. The predicted molar refractivity (Wildman–Crippen MR) is 114 cm³/mol. The highest BCUT2D eigenvalue weighted by Crippen LogP contribution is 2.38. The van der Waals surface area contributed by atoms with Crippen LogP contribution >= 0.6 is 0 Å². The number of methoxy groups -OCH3 is 2. The van der Waals surface area contributed by atoms with E-state index in [0.717, 1.165) is 36.4 Å². The van der Waals surface area contributed by atoms with E-state index in [2.05, 4.69) is 10.2 Å². The molecule has 0 saturated carbocycles. The summed E-state index contributed by atoms with van der Waals surface area (Å²) in [4.78, 5) is 26.5. The molecule has 1 N–H and O–H groups in total. The lowest BCUT2D eigenvalue weighted by Crippen LogP contribution is -2.33. The maximum absolute atomic E-state index is 12.6. The molecule has 30 heavy (non-hydrogen) atoms. The molecule has 3 rings (SSSR count). The lowest BCUT2D eigenvalue weighted by Gasteiger charge is -2.26. The van der Waals surface area contributed by atoms with Gasteiger partial charge in [-0.2, -0.15) is 0 Å². The van der Waals surface area contributed by atoms with Crippen molar-refractivity contribution < 1.29 is 23.8 Å². The molecule has 160 valence electrons. The Labute approximate surface area is 176 Å². The Bertz CT molecular complexity index is 882. The lowest BCUT2D eigenvalue weighted by atomic mass is 10.0. The number of likely N-dealkylation sites (tertiary alicyclic amines) is 1. The first-order valence-electron chi connectivity index (χ1n) is 10.1. The molecule has 2 aromatic rings. The zero-order valence-corrected chi connectivity index (χ0v) is 17.6. The first kappa shape index (κ1) is 21.6. The molecular formula is C23H28N2O5. The molecule has 0 unspecified atom stereocenters. The van der Waals surface area contributed by atoms with E-state index in [1.807, 2.05) is 18.2 Å². The van der Waals surface area contributed by atoms with Gasteiger partial charge >= 0.3 is 5.97 Å². The minimum Gasteiger partial charge on any atom is -0.497 e. The second kappa shape index (κ2) is 10.1. The van der Waals surface area contributed by atoms with Gasteiger partial charge in [-0.1, -0.05) is 6.07 Å². The van der Waals surface area contributed by atoms with Gasteiger partial charge in [0.15, 0.2) is 0 Å². The Hall–Kier alpha value is -3.06. The Morgan fingerprint density at radius 3 is 2.53 bits per heavy atom. The fraction of sp³-hybridized carbons (Fsp3) is 0.391. The Balaban J connectivity index is 1.64. The number of carbonyl (C=O) groups is 2. The summed E-state index contributed by atoms with van der Waals surface area (Å²) in [5.74, 6) is 1.03. The smallest absolute Gasteiger partial charge is 0.338 e. The molecule has 1 heterocycles. The average molecular weight is 412 g/mol. The number of anilines is 1. The van der Waals surface area contributed by atoms with Crippen molar-refractivity contribution in [3.8, 4) is 11.5 Å². The fourth-order valence-electron chi connectivity index (χ4n) is 3.75. The van der Waals surface area contributed by atoms with Crippen LogP contribution < -0.4 is 14.8 Å². The molecule has 0 spiro atoms. The molecule has 1 aliphatic heterocycles. The van der Waals surface area contributed by atoms with Crippen molar-refractivity contribution in [2.75, 3.05) is 39.2 Å². The van der Waals surface area contributed by atoms with Gasteiger partial charge in [-0.15, -0.1) is 0 Å². The van der Waals surface area contributed by atoms with Crippen molar-refractivity contribution in [3.05, 3.63) is 53.6 Å². The molecular weight excluding hydrogens is 384 g/mol. The Morgan fingerprint density at radius 2 is 1.87 bits per heavy atom. The number of amides is 1. The Morgan fingerprint density at radius 1 is 1.10 bits per heavy atom. The van der Waals surface area contributed by atoms with Gasteiger partial charge in [0, 0.05) is 23.4 Å². The first-order chi connectivity index (χ1) is 14.5. The normalized spacial score (nSPS) is 16.2. The molecule has 0 aliphatic carbocycles. The third-order valence-corrected chi connectivity index (χ3v) is 5.19. The summed E-state index contributed by atoms with van der Waals surface area (Å²) in [5, 5.41) is 2.90. The largest absolute Gasteiger partial charge is 0.497 e. The highest BCUT2D eigenvalue weighted by molar-refractivity contribution is 5.94. The van der Waals surface area contributed by atoms with Crippen LogP contribution in [0.1, 0.15) is 41.7 Å². The van der Waals surface area contributed by atoms with E-state index in [9.17, 15) is 9.59 Å². The van der Waals surface area contributed by atoms with Crippen molar-refractivity contribution >= 4 is 17.6 Å². The van der Waals surface area contributed by atoms with E-state index < -0.39 is 0 Å². The Kier molecular flexibility index (Phi) is 7.30. The van der Waals surface area contributed by atoms with E-state index in [1.54, 1.807) is 45.4 Å². The van der Waals surface area contributed by atoms with Crippen LogP contribution in [0.2, 0.25) is 0 Å². The SMILES string of the molecule is CCOC(=O)c1ccc(NC(=O)CN2CCC[C@H]2c2ccc(OC)cc2OC)cc1. The number of hydrogen-bond acceptors (Lipinski definition) is 6. The summed E-state index contributed by atoms with van der Waals surface area (Å²) in [6.07, 6.45) is 1.98. The van der Waals surface area contributed by atoms with Crippen LogP contribution in [0.15, 0.2) is 42.5 Å². The zero-order chi connectivity index (χ0) is 21.5. The van der Waals surface area contributed by atoms with E-state index in [0.29, 0.717) is 17.9 Å². The second-order valence-corrected chi connectivity index (χ2v) is 7.08. The maximum Gasteiger partial charge on any atom is 0.338 e. The van der Waals surface area contributed by atoms with Crippen molar-refractivity contribution in [2.45, 2.75) is 25.8 Å². The molecule has 7 nitrogen and oxygen atoms in total. The van der Waals surface area contributed by atoms with Crippen LogP contribution in [0.4, 0.5) is 5.69 Å². The summed E-state index contributed by atoms with van der Waals surface area (Å²) < 4.78 is 15.8. The number of nitrogens with one attached hydrogen (secondary N) is 1. The van der Waals surface area contributed by atoms with E-state index in [4.69, 9.17) is 14.2 Å². The van der Waals surface area contributed by atoms with E-state index >= 15 is 0 Å². The van der Waals surface area contributed by atoms with Crippen molar-refractivity contribution in [3.63, 3.8) is 0 Å². The van der Waals surface area contributed by atoms with Crippen molar-refractivity contribution in [1.29, 1.82) is 0 Å². The van der Waals surface area contributed by atoms with Gasteiger partial charge in [-0.25, -0.2) is 4.79 Å². The fourth-order valence-corrected chi connectivity index (χ4v) is 3.75. The topological polar surface area (TPSA) is 77.1 Å².